The van der Waals surface area contributed by atoms with Gasteiger partial charge in [0.15, 0.2) is 11.5 Å². The molecule has 0 aromatic heterocycles. The fraction of sp³-hybridized carbons (Fsp3) is 0.167. The van der Waals surface area contributed by atoms with Crippen LogP contribution in [-0.4, -0.2) is 18.3 Å². The third-order valence-corrected chi connectivity index (χ3v) is 5.05. The summed E-state index contributed by atoms with van der Waals surface area (Å²) < 4.78 is 11.9. The molecular weight excluding hydrogens is 402 g/mol. The monoisotopic (exact) mass is 421 g/mol. The summed E-state index contributed by atoms with van der Waals surface area (Å²) in [7, 11) is 0. The van der Waals surface area contributed by atoms with Crippen LogP contribution >= 0.6 is 11.6 Å². The normalized spacial score (nSPS) is 14.7. The molecule has 0 aliphatic carbocycles. The smallest absolute Gasteiger partial charge is 0.367 e. The maximum absolute atomic E-state index is 11.8. The summed E-state index contributed by atoms with van der Waals surface area (Å²) >= 11 is 6.53. The minimum atomic E-state index is -0.488. The van der Waals surface area contributed by atoms with Crippen LogP contribution in [0.3, 0.4) is 0 Å². The molecule has 0 radical (unpaired) electrons. The van der Waals surface area contributed by atoms with Crippen molar-refractivity contribution in [2.75, 3.05) is 6.61 Å². The van der Waals surface area contributed by atoms with Gasteiger partial charge >= 0.3 is 5.97 Å². The van der Waals surface area contributed by atoms with E-state index in [1.54, 1.807) is 25.1 Å². The maximum atomic E-state index is 11.8. The summed E-state index contributed by atoms with van der Waals surface area (Å²) in [4.78, 5) is 16.5. The number of hydrogen-bond acceptors (Lipinski definition) is 5. The van der Waals surface area contributed by atoms with Crippen molar-refractivity contribution >= 4 is 40.1 Å². The van der Waals surface area contributed by atoms with E-state index in [9.17, 15) is 4.79 Å². The van der Waals surface area contributed by atoms with E-state index in [-0.39, 0.29) is 0 Å². The molecule has 3 aromatic rings. The zero-order valence-electron chi connectivity index (χ0n) is 16.6. The fourth-order valence-electron chi connectivity index (χ4n) is 3.33. The Bertz CT molecular complexity index is 1180. The van der Waals surface area contributed by atoms with Crippen LogP contribution in [0.1, 0.15) is 25.0 Å². The SMILES string of the molecule is CCOc1cc(/C=C2/C(=O)ON=C2C)cc(Cl)c1OCc1cccc2ccccc12. The van der Waals surface area contributed by atoms with Crippen molar-refractivity contribution in [3.05, 3.63) is 76.3 Å². The lowest BCUT2D eigenvalue weighted by atomic mass is 10.1. The Labute approximate surface area is 179 Å². The highest BCUT2D eigenvalue weighted by molar-refractivity contribution is 6.32. The number of oxime groups is 1. The van der Waals surface area contributed by atoms with Crippen LogP contribution in [0.25, 0.3) is 16.8 Å². The van der Waals surface area contributed by atoms with Gasteiger partial charge < -0.3 is 14.3 Å². The van der Waals surface area contributed by atoms with Gasteiger partial charge in [-0.05, 0) is 54.0 Å². The quantitative estimate of drug-likeness (QED) is 0.373. The summed E-state index contributed by atoms with van der Waals surface area (Å²) in [6.07, 6.45) is 1.68. The highest BCUT2D eigenvalue weighted by Gasteiger charge is 2.22. The lowest BCUT2D eigenvalue weighted by Gasteiger charge is -2.15. The molecule has 0 saturated heterocycles. The molecule has 1 heterocycles. The van der Waals surface area contributed by atoms with Crippen LogP contribution in [0.4, 0.5) is 0 Å². The topological polar surface area (TPSA) is 57.1 Å². The third kappa shape index (κ3) is 4.02. The highest BCUT2D eigenvalue weighted by Crippen LogP contribution is 2.38. The van der Waals surface area contributed by atoms with Gasteiger partial charge in [0.1, 0.15) is 6.61 Å². The van der Waals surface area contributed by atoms with Gasteiger partial charge in [-0.2, -0.15) is 0 Å². The van der Waals surface area contributed by atoms with Gasteiger partial charge in [-0.25, -0.2) is 4.79 Å². The first-order valence-corrected chi connectivity index (χ1v) is 9.98. The van der Waals surface area contributed by atoms with Crippen molar-refractivity contribution in [2.45, 2.75) is 20.5 Å². The van der Waals surface area contributed by atoms with Gasteiger partial charge in [-0.1, -0.05) is 59.2 Å². The molecule has 0 fully saturated rings. The summed E-state index contributed by atoms with van der Waals surface area (Å²) in [5, 5.41) is 6.37. The number of carbonyl (C=O) groups is 1. The maximum Gasteiger partial charge on any atom is 0.367 e. The van der Waals surface area contributed by atoms with E-state index in [0.29, 0.717) is 46.6 Å². The molecule has 0 bridgehead atoms. The first-order valence-electron chi connectivity index (χ1n) is 9.60. The summed E-state index contributed by atoms with van der Waals surface area (Å²) in [6.45, 7) is 4.39. The van der Waals surface area contributed by atoms with Gasteiger partial charge in [-0.3, -0.25) is 0 Å². The second-order valence-corrected chi connectivity index (χ2v) is 7.21. The lowest BCUT2D eigenvalue weighted by Crippen LogP contribution is -2.03. The van der Waals surface area contributed by atoms with Crippen molar-refractivity contribution in [3.8, 4) is 11.5 Å². The molecule has 0 unspecified atom stereocenters. The van der Waals surface area contributed by atoms with Crippen molar-refractivity contribution in [3.63, 3.8) is 0 Å². The van der Waals surface area contributed by atoms with Crippen LogP contribution in [0, 0.1) is 0 Å². The Morgan fingerprint density at radius 1 is 1.10 bits per heavy atom. The molecule has 4 rings (SSSR count). The molecule has 5 nitrogen and oxygen atoms in total. The number of rotatable bonds is 6. The Kier molecular flexibility index (Phi) is 5.72. The molecule has 0 spiro atoms. The largest absolute Gasteiger partial charge is 0.490 e. The van der Waals surface area contributed by atoms with Gasteiger partial charge in [0.2, 0.25) is 0 Å². The molecule has 1 aliphatic heterocycles. The molecule has 0 amide bonds. The minimum absolute atomic E-state index is 0.347. The summed E-state index contributed by atoms with van der Waals surface area (Å²) in [5.41, 5.74) is 2.66. The van der Waals surface area contributed by atoms with Gasteiger partial charge in [0.05, 0.1) is 22.9 Å². The van der Waals surface area contributed by atoms with Gasteiger partial charge in [0, 0.05) is 0 Å². The van der Waals surface area contributed by atoms with Crippen LogP contribution in [0.2, 0.25) is 5.02 Å². The standard InChI is InChI=1S/C24H20ClNO4/c1-3-28-22-13-16(11-20-15(2)26-30-24(20)27)12-21(25)23(22)29-14-18-9-6-8-17-7-4-5-10-19(17)18/h4-13H,3,14H2,1-2H3/b20-11+. The molecule has 1 aliphatic rings. The fourth-order valence-corrected chi connectivity index (χ4v) is 3.60. The van der Waals surface area contributed by atoms with E-state index >= 15 is 0 Å². The molecule has 152 valence electrons. The molecule has 0 saturated carbocycles. The Hall–Kier alpha value is -3.31. The average molecular weight is 422 g/mol. The van der Waals surface area contributed by atoms with E-state index in [4.69, 9.17) is 25.9 Å². The van der Waals surface area contributed by atoms with E-state index in [1.807, 2.05) is 31.2 Å². The van der Waals surface area contributed by atoms with Crippen molar-refractivity contribution in [1.82, 2.24) is 0 Å². The number of nitrogens with zero attached hydrogens (tertiary/aromatic N) is 1. The predicted molar refractivity (Wildman–Crippen MR) is 118 cm³/mol. The zero-order valence-corrected chi connectivity index (χ0v) is 17.4. The first kappa shape index (κ1) is 20.0. The van der Waals surface area contributed by atoms with Crippen LogP contribution < -0.4 is 9.47 Å². The zero-order chi connectivity index (χ0) is 21.1. The Morgan fingerprint density at radius 2 is 1.90 bits per heavy atom. The molecule has 30 heavy (non-hydrogen) atoms. The summed E-state index contributed by atoms with van der Waals surface area (Å²) in [6, 6.07) is 17.8. The summed E-state index contributed by atoms with van der Waals surface area (Å²) in [5.74, 6) is 0.490. The van der Waals surface area contributed by atoms with Crippen LogP contribution in [0.15, 0.2) is 65.3 Å². The molecule has 0 atom stereocenters. The second kappa shape index (κ2) is 8.59. The van der Waals surface area contributed by atoms with E-state index in [2.05, 4.69) is 23.4 Å². The molecular formula is C24H20ClNO4. The number of hydrogen-bond donors (Lipinski definition) is 0. The number of benzene rings is 3. The number of carbonyl (C=O) groups excluding carboxylic acids is 1. The molecule has 3 aromatic carbocycles. The average Bonchev–Trinajstić information content (AvgIpc) is 3.05. The van der Waals surface area contributed by atoms with Crippen LogP contribution in [0.5, 0.6) is 11.5 Å². The number of halogens is 1. The van der Waals surface area contributed by atoms with Gasteiger partial charge in [0.25, 0.3) is 0 Å². The minimum Gasteiger partial charge on any atom is -0.490 e. The van der Waals surface area contributed by atoms with E-state index in [1.165, 1.54) is 0 Å². The van der Waals surface area contributed by atoms with Crippen LogP contribution in [-0.2, 0) is 16.2 Å². The number of ether oxygens (including phenoxy) is 2. The second-order valence-electron chi connectivity index (χ2n) is 6.80. The van der Waals surface area contributed by atoms with Crippen molar-refractivity contribution in [1.29, 1.82) is 0 Å². The third-order valence-electron chi connectivity index (χ3n) is 4.77. The molecule has 6 heteroatoms. The lowest BCUT2D eigenvalue weighted by molar-refractivity contribution is -0.136. The Balaban J connectivity index is 1.65. The van der Waals surface area contributed by atoms with Crippen molar-refractivity contribution in [2.24, 2.45) is 5.16 Å². The Morgan fingerprint density at radius 3 is 2.67 bits per heavy atom. The molecule has 0 N–H and O–H groups in total. The highest BCUT2D eigenvalue weighted by atomic mass is 35.5. The van der Waals surface area contributed by atoms with Crippen molar-refractivity contribution < 1.29 is 19.1 Å². The van der Waals surface area contributed by atoms with Gasteiger partial charge in [-0.15, -0.1) is 0 Å². The number of fused-ring (bicyclic) bond motifs is 1. The first-order chi connectivity index (χ1) is 14.6. The van der Waals surface area contributed by atoms with E-state index in [0.717, 1.165) is 16.3 Å². The van der Waals surface area contributed by atoms with E-state index < -0.39 is 5.97 Å². The predicted octanol–water partition coefficient (Wildman–Crippen LogP) is 5.79.